The molecule has 9 heteroatoms. The van der Waals surface area contributed by atoms with Crippen molar-refractivity contribution in [2.45, 2.75) is 12.8 Å². The highest BCUT2D eigenvalue weighted by molar-refractivity contribution is 6.05. The molecule has 0 aliphatic carbocycles. The fourth-order valence-electron chi connectivity index (χ4n) is 3.83. The third-order valence-electron chi connectivity index (χ3n) is 5.71. The third kappa shape index (κ3) is 5.87. The first kappa shape index (κ1) is 24.5. The van der Waals surface area contributed by atoms with Crippen molar-refractivity contribution < 1.29 is 23.9 Å². The SMILES string of the molecule is COc1ccccc1NC(=O)c1ccc(NC(=O)CNC(=O)c2ccc(N3CCCC3=O)cc2)cc1. The first-order valence-electron chi connectivity index (χ1n) is 11.5. The summed E-state index contributed by atoms with van der Waals surface area (Å²) in [6.07, 6.45) is 1.37. The van der Waals surface area contributed by atoms with Crippen LogP contribution in [0.2, 0.25) is 0 Å². The van der Waals surface area contributed by atoms with Gasteiger partial charge in [0, 0.05) is 35.5 Å². The molecule has 0 spiro atoms. The van der Waals surface area contributed by atoms with E-state index in [2.05, 4.69) is 16.0 Å². The molecule has 184 valence electrons. The summed E-state index contributed by atoms with van der Waals surface area (Å²) in [6, 6.07) is 20.2. The van der Waals surface area contributed by atoms with Crippen LogP contribution in [0.1, 0.15) is 33.6 Å². The molecule has 9 nitrogen and oxygen atoms in total. The number of ether oxygens (including phenoxy) is 1. The molecule has 1 aliphatic rings. The van der Waals surface area contributed by atoms with Crippen molar-refractivity contribution in [3.05, 3.63) is 83.9 Å². The fourth-order valence-corrected chi connectivity index (χ4v) is 3.83. The minimum atomic E-state index is -0.408. The Bertz CT molecular complexity index is 1270. The van der Waals surface area contributed by atoms with Gasteiger partial charge in [0.25, 0.3) is 11.8 Å². The third-order valence-corrected chi connectivity index (χ3v) is 5.71. The zero-order chi connectivity index (χ0) is 25.5. The van der Waals surface area contributed by atoms with Crippen LogP contribution >= 0.6 is 0 Å². The molecule has 0 atom stereocenters. The Kier molecular flexibility index (Phi) is 7.60. The van der Waals surface area contributed by atoms with Crippen molar-refractivity contribution in [3.8, 4) is 5.75 Å². The molecule has 3 N–H and O–H groups in total. The Hall–Kier alpha value is -4.66. The molecule has 0 bridgehead atoms. The van der Waals surface area contributed by atoms with E-state index in [-0.39, 0.29) is 18.4 Å². The number of anilines is 3. The predicted octanol–water partition coefficient (Wildman–Crippen LogP) is 3.44. The van der Waals surface area contributed by atoms with Crippen LogP contribution in [0.15, 0.2) is 72.8 Å². The lowest BCUT2D eigenvalue weighted by molar-refractivity contribution is -0.117. The summed E-state index contributed by atoms with van der Waals surface area (Å²) >= 11 is 0. The largest absolute Gasteiger partial charge is 0.495 e. The van der Waals surface area contributed by atoms with Gasteiger partial charge in [-0.05, 0) is 67.1 Å². The number of carbonyl (C=O) groups excluding carboxylic acids is 4. The molecule has 3 aromatic carbocycles. The summed E-state index contributed by atoms with van der Waals surface area (Å²) in [5.74, 6) is -0.491. The van der Waals surface area contributed by atoms with Gasteiger partial charge in [0.15, 0.2) is 0 Å². The molecule has 1 fully saturated rings. The van der Waals surface area contributed by atoms with Gasteiger partial charge in [-0.15, -0.1) is 0 Å². The van der Waals surface area contributed by atoms with Crippen LogP contribution in [0.3, 0.4) is 0 Å². The number of methoxy groups -OCH3 is 1. The summed E-state index contributed by atoms with van der Waals surface area (Å²) in [5.41, 5.74) is 2.60. The van der Waals surface area contributed by atoms with Crippen LogP contribution < -0.4 is 25.6 Å². The summed E-state index contributed by atoms with van der Waals surface area (Å²) < 4.78 is 5.24. The van der Waals surface area contributed by atoms with E-state index in [1.807, 2.05) is 6.07 Å². The summed E-state index contributed by atoms with van der Waals surface area (Å²) in [4.78, 5) is 50.7. The van der Waals surface area contributed by atoms with Gasteiger partial charge in [0.05, 0.1) is 19.3 Å². The first-order valence-corrected chi connectivity index (χ1v) is 11.5. The normalized spacial score (nSPS) is 12.7. The number of hydrogen-bond donors (Lipinski definition) is 3. The second-order valence-electron chi connectivity index (χ2n) is 8.16. The average molecular weight is 487 g/mol. The monoisotopic (exact) mass is 486 g/mol. The Balaban J connectivity index is 1.26. The van der Waals surface area contributed by atoms with Crippen LogP contribution in [0.5, 0.6) is 5.75 Å². The van der Waals surface area contributed by atoms with E-state index in [4.69, 9.17) is 4.74 Å². The average Bonchev–Trinajstić information content (AvgIpc) is 3.33. The van der Waals surface area contributed by atoms with E-state index in [1.54, 1.807) is 71.6 Å². The molecule has 4 rings (SSSR count). The van der Waals surface area contributed by atoms with Crippen molar-refractivity contribution in [2.75, 3.05) is 35.7 Å². The molecular formula is C27H26N4O5. The van der Waals surface area contributed by atoms with Gasteiger partial charge < -0.3 is 25.6 Å². The lowest BCUT2D eigenvalue weighted by atomic mass is 10.1. The first-order chi connectivity index (χ1) is 17.4. The van der Waals surface area contributed by atoms with Crippen LogP contribution in [0.25, 0.3) is 0 Å². The quantitative estimate of drug-likeness (QED) is 0.451. The van der Waals surface area contributed by atoms with E-state index in [9.17, 15) is 19.2 Å². The number of hydrogen-bond acceptors (Lipinski definition) is 5. The van der Waals surface area contributed by atoms with Crippen molar-refractivity contribution in [1.82, 2.24) is 5.32 Å². The van der Waals surface area contributed by atoms with Gasteiger partial charge >= 0.3 is 0 Å². The highest BCUT2D eigenvalue weighted by Crippen LogP contribution is 2.24. The van der Waals surface area contributed by atoms with Gasteiger partial charge in [-0.3, -0.25) is 19.2 Å². The molecule has 4 amide bonds. The topological polar surface area (TPSA) is 117 Å². The maximum atomic E-state index is 12.5. The molecule has 1 saturated heterocycles. The number of para-hydroxylation sites is 2. The van der Waals surface area contributed by atoms with E-state index < -0.39 is 11.8 Å². The lowest BCUT2D eigenvalue weighted by Crippen LogP contribution is -2.32. The van der Waals surface area contributed by atoms with Crippen molar-refractivity contribution in [1.29, 1.82) is 0 Å². The van der Waals surface area contributed by atoms with E-state index in [0.717, 1.165) is 12.1 Å². The number of nitrogens with one attached hydrogen (secondary N) is 3. The van der Waals surface area contributed by atoms with Crippen molar-refractivity contribution >= 4 is 40.7 Å². The van der Waals surface area contributed by atoms with E-state index in [1.165, 1.54) is 7.11 Å². The second-order valence-corrected chi connectivity index (χ2v) is 8.16. The Morgan fingerprint density at radius 1 is 0.861 bits per heavy atom. The van der Waals surface area contributed by atoms with Gasteiger partial charge in [0.2, 0.25) is 11.8 Å². The number of rotatable bonds is 8. The summed E-state index contributed by atoms with van der Waals surface area (Å²) in [6.45, 7) is 0.458. The highest BCUT2D eigenvalue weighted by atomic mass is 16.5. The molecular weight excluding hydrogens is 460 g/mol. The zero-order valence-electron chi connectivity index (χ0n) is 19.7. The molecule has 3 aromatic rings. The van der Waals surface area contributed by atoms with Gasteiger partial charge in [-0.2, -0.15) is 0 Å². The molecule has 36 heavy (non-hydrogen) atoms. The molecule has 0 radical (unpaired) electrons. The van der Waals surface area contributed by atoms with Crippen molar-refractivity contribution in [3.63, 3.8) is 0 Å². The standard InChI is InChI=1S/C27H26N4O5/c1-36-23-6-3-2-5-22(23)30-27(35)19-8-12-20(13-9-19)29-24(32)17-28-26(34)18-10-14-21(15-11-18)31-16-4-7-25(31)33/h2-3,5-6,8-15H,4,7,16-17H2,1H3,(H,28,34)(H,29,32)(H,30,35). The van der Waals surface area contributed by atoms with Crippen molar-refractivity contribution in [2.24, 2.45) is 0 Å². The number of nitrogens with zero attached hydrogens (tertiary/aromatic N) is 1. The maximum Gasteiger partial charge on any atom is 0.255 e. The molecule has 0 unspecified atom stereocenters. The van der Waals surface area contributed by atoms with Gasteiger partial charge in [-0.1, -0.05) is 12.1 Å². The summed E-state index contributed by atoms with van der Waals surface area (Å²) in [7, 11) is 1.53. The van der Waals surface area contributed by atoms with E-state index in [0.29, 0.717) is 41.2 Å². The number of benzene rings is 3. The minimum absolute atomic E-state index is 0.0777. The maximum absolute atomic E-state index is 12.5. The highest BCUT2D eigenvalue weighted by Gasteiger charge is 2.21. The Labute approximate surface area is 208 Å². The minimum Gasteiger partial charge on any atom is -0.495 e. The lowest BCUT2D eigenvalue weighted by Gasteiger charge is -2.15. The second kappa shape index (κ2) is 11.2. The molecule has 0 saturated carbocycles. The molecule has 0 aromatic heterocycles. The number of carbonyl (C=O) groups is 4. The van der Waals surface area contributed by atoms with Crippen LogP contribution in [0.4, 0.5) is 17.1 Å². The smallest absolute Gasteiger partial charge is 0.255 e. The Morgan fingerprint density at radius 3 is 2.19 bits per heavy atom. The predicted molar refractivity (Wildman–Crippen MR) is 136 cm³/mol. The fraction of sp³-hybridized carbons (Fsp3) is 0.185. The van der Waals surface area contributed by atoms with Crippen LogP contribution in [-0.2, 0) is 9.59 Å². The van der Waals surface area contributed by atoms with Crippen LogP contribution in [-0.4, -0.2) is 43.8 Å². The zero-order valence-corrected chi connectivity index (χ0v) is 19.7. The summed E-state index contributed by atoms with van der Waals surface area (Å²) in [5, 5.41) is 8.05. The van der Waals surface area contributed by atoms with E-state index >= 15 is 0 Å². The molecule has 1 aliphatic heterocycles. The number of amides is 4. The molecule has 1 heterocycles. The van der Waals surface area contributed by atoms with Gasteiger partial charge in [0.1, 0.15) is 5.75 Å². The Morgan fingerprint density at radius 2 is 1.53 bits per heavy atom. The van der Waals surface area contributed by atoms with Gasteiger partial charge in [-0.25, -0.2) is 0 Å². The van der Waals surface area contributed by atoms with Crippen LogP contribution in [0, 0.1) is 0 Å².